The summed E-state index contributed by atoms with van der Waals surface area (Å²) in [7, 11) is 0. The van der Waals surface area contributed by atoms with E-state index in [4.69, 9.17) is 0 Å². The third-order valence-electron chi connectivity index (χ3n) is 4.53. The van der Waals surface area contributed by atoms with Crippen LogP contribution >= 0.6 is 24.8 Å². The van der Waals surface area contributed by atoms with Gasteiger partial charge in [0.25, 0.3) is 0 Å². The molecular weight excluding hydrogens is 367 g/mol. The van der Waals surface area contributed by atoms with Gasteiger partial charge in [0, 0.05) is 37.8 Å². The smallest absolute Gasteiger partial charge is 0.314 e. The van der Waals surface area contributed by atoms with Crippen molar-refractivity contribution in [2.24, 2.45) is 5.92 Å². The number of benzene rings is 1. The van der Waals surface area contributed by atoms with Crippen LogP contribution < -0.4 is 5.32 Å². The molecule has 0 unspecified atom stereocenters. The molecule has 0 radical (unpaired) electrons. The highest BCUT2D eigenvalue weighted by Gasteiger charge is 2.34. The fourth-order valence-corrected chi connectivity index (χ4v) is 3.11. The Morgan fingerprint density at radius 2 is 1.75 bits per heavy atom. The van der Waals surface area contributed by atoms with E-state index in [0.717, 1.165) is 51.5 Å². The molecule has 1 aliphatic carbocycles. The summed E-state index contributed by atoms with van der Waals surface area (Å²) in [6.45, 7) is 3.28. The summed E-state index contributed by atoms with van der Waals surface area (Å²) < 4.78 is 52.4. The third-order valence-corrected chi connectivity index (χ3v) is 4.53. The average Bonchev–Trinajstić information content (AvgIpc) is 3.29. The summed E-state index contributed by atoms with van der Waals surface area (Å²) in [6.07, 6.45) is -1.38. The second kappa shape index (κ2) is 8.70. The number of halogens is 6. The van der Waals surface area contributed by atoms with E-state index in [1.807, 2.05) is 0 Å². The molecule has 1 saturated heterocycles. The van der Waals surface area contributed by atoms with Gasteiger partial charge in [-0.15, -0.1) is 24.8 Å². The van der Waals surface area contributed by atoms with E-state index in [1.165, 1.54) is 6.07 Å². The predicted octanol–water partition coefficient (Wildman–Crippen LogP) is 4.43. The monoisotopic (exact) mass is 388 g/mol. The van der Waals surface area contributed by atoms with Gasteiger partial charge in [-0.2, -0.15) is 13.2 Å². The highest BCUT2D eigenvalue weighted by atomic mass is 35.5. The van der Waals surface area contributed by atoms with Crippen LogP contribution in [0.4, 0.5) is 17.6 Å². The van der Waals surface area contributed by atoms with Gasteiger partial charge in [-0.05, 0) is 24.5 Å². The first-order valence-corrected chi connectivity index (χ1v) is 7.76. The van der Waals surface area contributed by atoms with Crippen LogP contribution in [-0.4, -0.2) is 31.1 Å². The molecule has 1 atom stereocenters. The van der Waals surface area contributed by atoms with Crippen molar-refractivity contribution in [1.29, 1.82) is 0 Å². The van der Waals surface area contributed by atoms with Gasteiger partial charge >= 0.3 is 6.18 Å². The molecule has 2 fully saturated rings. The van der Waals surface area contributed by atoms with E-state index in [0.29, 0.717) is 17.5 Å². The second-order valence-electron chi connectivity index (χ2n) is 6.21. The van der Waals surface area contributed by atoms with Crippen LogP contribution in [0.3, 0.4) is 0 Å². The molecule has 138 valence electrons. The lowest BCUT2D eigenvalue weighted by molar-refractivity contribution is -0.137. The number of nitrogens with zero attached hydrogens (tertiary/aromatic N) is 1. The van der Waals surface area contributed by atoms with Crippen molar-refractivity contribution in [2.75, 3.05) is 26.2 Å². The third kappa shape index (κ3) is 5.22. The molecule has 1 N–H and O–H groups in total. The summed E-state index contributed by atoms with van der Waals surface area (Å²) in [6, 6.07) is 2.85. The van der Waals surface area contributed by atoms with Crippen molar-refractivity contribution in [1.82, 2.24) is 10.2 Å². The molecule has 1 heterocycles. The average molecular weight is 389 g/mol. The van der Waals surface area contributed by atoms with E-state index >= 15 is 0 Å². The van der Waals surface area contributed by atoms with Crippen LogP contribution in [0, 0.1) is 11.7 Å². The number of hydrogen-bond acceptors (Lipinski definition) is 2. The van der Waals surface area contributed by atoms with Gasteiger partial charge in [0.2, 0.25) is 0 Å². The van der Waals surface area contributed by atoms with Crippen LogP contribution in [0.5, 0.6) is 0 Å². The molecule has 1 aromatic carbocycles. The van der Waals surface area contributed by atoms with Crippen molar-refractivity contribution in [3.05, 3.63) is 35.1 Å². The quantitative estimate of drug-likeness (QED) is 0.767. The van der Waals surface area contributed by atoms with Crippen molar-refractivity contribution in [3.8, 4) is 0 Å². The van der Waals surface area contributed by atoms with Crippen molar-refractivity contribution in [3.63, 3.8) is 0 Å². The molecule has 0 amide bonds. The number of hydrogen-bond donors (Lipinski definition) is 1. The first kappa shape index (κ1) is 21.5. The summed E-state index contributed by atoms with van der Waals surface area (Å²) >= 11 is 0. The second-order valence-corrected chi connectivity index (χ2v) is 6.21. The highest BCUT2D eigenvalue weighted by Crippen LogP contribution is 2.41. The van der Waals surface area contributed by atoms with Gasteiger partial charge in [0.15, 0.2) is 0 Å². The molecule has 24 heavy (non-hydrogen) atoms. The number of piperazine rings is 1. The van der Waals surface area contributed by atoms with Gasteiger partial charge in [-0.1, -0.05) is 18.9 Å². The summed E-state index contributed by atoms with van der Waals surface area (Å²) in [4.78, 5) is 2.19. The normalized spacial score (nSPS) is 20.0. The van der Waals surface area contributed by atoms with Crippen LogP contribution in [0.2, 0.25) is 0 Å². The number of alkyl halides is 3. The van der Waals surface area contributed by atoms with E-state index in [1.54, 1.807) is 0 Å². The fourth-order valence-electron chi connectivity index (χ4n) is 3.11. The molecule has 1 aliphatic heterocycles. The maximum absolute atomic E-state index is 14.3. The van der Waals surface area contributed by atoms with Crippen LogP contribution in [0.1, 0.15) is 36.4 Å². The maximum atomic E-state index is 14.3. The Hall–Kier alpha value is -0.560. The summed E-state index contributed by atoms with van der Waals surface area (Å²) in [5.74, 6) is -0.152. The summed E-state index contributed by atoms with van der Waals surface area (Å²) in [5.41, 5.74) is -0.513. The standard InChI is InChI=1S/C16H20F4N2.2ClH/c17-14-10-12(16(18,19)20)3-4-13(14)15(9-11-1-2-11)22-7-5-21-6-8-22;;/h3-4,10-11,15,21H,1-2,5-9H2;2*1H/t15-;;/m0../s1. The van der Waals surface area contributed by atoms with Crippen LogP contribution in [0.15, 0.2) is 18.2 Å². The molecule has 8 heteroatoms. The Bertz CT molecular complexity index is 529. The largest absolute Gasteiger partial charge is 0.416 e. The van der Waals surface area contributed by atoms with Crippen molar-refractivity contribution >= 4 is 24.8 Å². The highest BCUT2D eigenvalue weighted by molar-refractivity contribution is 5.85. The van der Waals surface area contributed by atoms with Gasteiger partial charge in [-0.25, -0.2) is 4.39 Å². The van der Waals surface area contributed by atoms with E-state index < -0.39 is 17.6 Å². The maximum Gasteiger partial charge on any atom is 0.416 e. The first-order chi connectivity index (χ1) is 10.4. The lowest BCUT2D eigenvalue weighted by Gasteiger charge is -2.35. The Morgan fingerprint density at radius 1 is 1.12 bits per heavy atom. The molecule has 3 rings (SSSR count). The van der Waals surface area contributed by atoms with Crippen LogP contribution in [-0.2, 0) is 6.18 Å². The Morgan fingerprint density at radius 3 is 2.25 bits per heavy atom. The Balaban J connectivity index is 0.00000144. The van der Waals surface area contributed by atoms with Gasteiger partial charge in [-0.3, -0.25) is 4.90 Å². The first-order valence-electron chi connectivity index (χ1n) is 7.76. The van der Waals surface area contributed by atoms with E-state index in [2.05, 4.69) is 10.2 Å². The molecule has 1 aromatic rings. The molecule has 2 aliphatic rings. The number of rotatable bonds is 4. The number of nitrogens with one attached hydrogen (secondary N) is 1. The van der Waals surface area contributed by atoms with Crippen LogP contribution in [0.25, 0.3) is 0 Å². The minimum atomic E-state index is -4.50. The lowest BCUT2D eigenvalue weighted by Crippen LogP contribution is -2.45. The molecule has 0 bridgehead atoms. The van der Waals surface area contributed by atoms with Gasteiger partial charge in [0.1, 0.15) is 5.82 Å². The molecule has 0 aromatic heterocycles. The Labute approximate surface area is 151 Å². The minimum absolute atomic E-state index is 0. The minimum Gasteiger partial charge on any atom is -0.314 e. The molecular formula is C16H22Cl2F4N2. The van der Waals surface area contributed by atoms with E-state index in [9.17, 15) is 17.6 Å². The lowest BCUT2D eigenvalue weighted by atomic mass is 9.97. The SMILES string of the molecule is Cl.Cl.Fc1cc(C(F)(F)F)ccc1[C@H](CC1CC1)N1CCNCC1. The fraction of sp³-hybridized carbons (Fsp3) is 0.625. The van der Waals surface area contributed by atoms with Gasteiger partial charge < -0.3 is 5.32 Å². The van der Waals surface area contributed by atoms with Gasteiger partial charge in [0.05, 0.1) is 5.56 Å². The Kier molecular flexibility index (Phi) is 7.78. The molecule has 0 spiro atoms. The topological polar surface area (TPSA) is 15.3 Å². The van der Waals surface area contributed by atoms with E-state index in [-0.39, 0.29) is 30.9 Å². The molecule has 2 nitrogen and oxygen atoms in total. The van der Waals surface area contributed by atoms with Crippen molar-refractivity contribution < 1.29 is 17.6 Å². The zero-order valence-electron chi connectivity index (χ0n) is 13.1. The molecule has 1 saturated carbocycles. The van der Waals surface area contributed by atoms with Crippen molar-refractivity contribution in [2.45, 2.75) is 31.5 Å². The zero-order chi connectivity index (χ0) is 15.7. The predicted molar refractivity (Wildman–Crippen MR) is 90.4 cm³/mol. The zero-order valence-corrected chi connectivity index (χ0v) is 14.7. The summed E-state index contributed by atoms with van der Waals surface area (Å²) in [5, 5.41) is 3.25.